The van der Waals surface area contributed by atoms with Gasteiger partial charge in [0, 0.05) is 36.8 Å². The van der Waals surface area contributed by atoms with Gasteiger partial charge in [0.05, 0.1) is 5.57 Å². The zero-order valence-electron chi connectivity index (χ0n) is 16.0. The monoisotopic (exact) mass is 390 g/mol. The lowest BCUT2D eigenvalue weighted by molar-refractivity contribution is -0.113. The second-order valence-corrected chi connectivity index (χ2v) is 6.80. The molecule has 2 aromatic heterocycles. The molecule has 1 aromatic carbocycles. The predicted molar refractivity (Wildman–Crippen MR) is 109 cm³/mol. The molecule has 1 aliphatic heterocycles. The van der Waals surface area contributed by atoms with Crippen molar-refractivity contribution < 1.29 is 9.90 Å². The largest absolute Gasteiger partial charge is 0.396 e. The third kappa shape index (κ3) is 3.88. The van der Waals surface area contributed by atoms with E-state index in [1.54, 1.807) is 17.1 Å². The summed E-state index contributed by atoms with van der Waals surface area (Å²) in [6.07, 6.45) is 4.56. The Morgan fingerprint density at radius 1 is 1.24 bits per heavy atom. The van der Waals surface area contributed by atoms with Crippen molar-refractivity contribution in [1.82, 2.24) is 19.7 Å². The highest BCUT2D eigenvalue weighted by atomic mass is 16.3. The Bertz CT molecular complexity index is 1030. The zero-order valence-corrected chi connectivity index (χ0v) is 16.0. The topological polar surface area (TPSA) is 105 Å². The van der Waals surface area contributed by atoms with Crippen molar-refractivity contribution >= 4 is 17.5 Å². The molecule has 29 heavy (non-hydrogen) atoms. The second-order valence-electron chi connectivity index (χ2n) is 6.80. The van der Waals surface area contributed by atoms with Gasteiger partial charge in [-0.15, -0.1) is 0 Å². The highest BCUT2D eigenvalue weighted by Gasteiger charge is 2.34. The van der Waals surface area contributed by atoms with Crippen LogP contribution < -0.4 is 10.6 Å². The SMILES string of the molecule is CC1=C(C(=O)Nc2ccccc2)[C@@H](c2cccnc2)n2nc(CCCO)nc2N1. The van der Waals surface area contributed by atoms with Gasteiger partial charge in [0.25, 0.3) is 5.91 Å². The Hall–Kier alpha value is -3.52. The molecule has 1 atom stereocenters. The van der Waals surface area contributed by atoms with Crippen LogP contribution in [0.1, 0.15) is 30.8 Å². The minimum Gasteiger partial charge on any atom is -0.396 e. The number of anilines is 2. The summed E-state index contributed by atoms with van der Waals surface area (Å²) in [5.41, 5.74) is 2.82. The number of aliphatic hydroxyl groups excluding tert-OH is 1. The number of rotatable bonds is 6. The lowest BCUT2D eigenvalue weighted by Crippen LogP contribution is -2.31. The van der Waals surface area contributed by atoms with Crippen molar-refractivity contribution in [3.8, 4) is 0 Å². The summed E-state index contributed by atoms with van der Waals surface area (Å²) in [5.74, 6) is 0.974. The molecule has 0 unspecified atom stereocenters. The van der Waals surface area contributed by atoms with Crippen LogP contribution in [-0.2, 0) is 11.2 Å². The molecule has 0 saturated carbocycles. The number of allylic oxidation sites excluding steroid dienone is 1. The van der Waals surface area contributed by atoms with Crippen LogP contribution in [0.15, 0.2) is 66.1 Å². The molecule has 0 spiro atoms. The first-order chi connectivity index (χ1) is 14.2. The van der Waals surface area contributed by atoms with E-state index >= 15 is 0 Å². The van der Waals surface area contributed by atoms with Crippen molar-refractivity contribution in [3.63, 3.8) is 0 Å². The van der Waals surface area contributed by atoms with E-state index < -0.39 is 6.04 Å². The normalized spacial score (nSPS) is 15.6. The van der Waals surface area contributed by atoms with Crippen LogP contribution in [0.25, 0.3) is 0 Å². The van der Waals surface area contributed by atoms with Crippen molar-refractivity contribution in [2.45, 2.75) is 25.8 Å². The quantitative estimate of drug-likeness (QED) is 0.597. The molecule has 3 heterocycles. The van der Waals surface area contributed by atoms with Crippen LogP contribution in [-0.4, -0.2) is 37.4 Å². The van der Waals surface area contributed by atoms with Gasteiger partial charge < -0.3 is 15.7 Å². The minimum absolute atomic E-state index is 0.0747. The number of benzene rings is 1. The van der Waals surface area contributed by atoms with Crippen molar-refractivity contribution in [1.29, 1.82) is 0 Å². The minimum atomic E-state index is -0.459. The van der Waals surface area contributed by atoms with Gasteiger partial charge in [-0.25, -0.2) is 4.68 Å². The van der Waals surface area contributed by atoms with Gasteiger partial charge in [0.1, 0.15) is 6.04 Å². The van der Waals surface area contributed by atoms with Crippen LogP contribution >= 0.6 is 0 Å². The number of nitrogens with zero attached hydrogens (tertiary/aromatic N) is 4. The van der Waals surface area contributed by atoms with E-state index in [1.807, 2.05) is 49.4 Å². The predicted octanol–water partition coefficient (Wildman–Crippen LogP) is 2.53. The summed E-state index contributed by atoms with van der Waals surface area (Å²) in [6.45, 7) is 1.93. The average Bonchev–Trinajstić information content (AvgIpc) is 3.14. The summed E-state index contributed by atoms with van der Waals surface area (Å²) in [7, 11) is 0. The number of carbonyl (C=O) groups excluding carboxylic acids is 1. The van der Waals surface area contributed by atoms with Crippen LogP contribution in [0.3, 0.4) is 0 Å². The van der Waals surface area contributed by atoms with Crippen molar-refractivity contribution in [2.75, 3.05) is 17.2 Å². The number of pyridine rings is 1. The number of aromatic nitrogens is 4. The molecule has 0 bridgehead atoms. The molecule has 0 radical (unpaired) electrons. The molecule has 1 amide bonds. The van der Waals surface area contributed by atoms with Crippen LogP contribution in [0.2, 0.25) is 0 Å². The first-order valence-electron chi connectivity index (χ1n) is 9.47. The fourth-order valence-electron chi connectivity index (χ4n) is 3.40. The molecular formula is C21H22N6O2. The number of hydrogen-bond acceptors (Lipinski definition) is 6. The molecule has 8 heteroatoms. The third-order valence-corrected chi connectivity index (χ3v) is 4.73. The molecule has 3 aromatic rings. The Kier molecular flexibility index (Phi) is 5.35. The van der Waals surface area contributed by atoms with E-state index in [0.717, 1.165) is 11.3 Å². The Morgan fingerprint density at radius 2 is 2.07 bits per heavy atom. The highest BCUT2D eigenvalue weighted by molar-refractivity contribution is 6.05. The standard InChI is InChI=1S/C21H22N6O2/c1-14-18(20(29)24-16-8-3-2-4-9-16)19(15-7-5-11-22-13-15)27-21(23-14)25-17(26-27)10-6-12-28/h2-5,7-9,11,13,19,28H,6,10,12H2,1H3,(H,24,29)(H,23,25,26)/t19-/m1/s1. The number of nitrogens with one attached hydrogen (secondary N) is 2. The second kappa shape index (κ2) is 8.24. The summed E-state index contributed by atoms with van der Waals surface area (Å²) in [6, 6.07) is 12.6. The zero-order chi connectivity index (χ0) is 20.2. The van der Waals surface area contributed by atoms with Crippen molar-refractivity contribution in [2.24, 2.45) is 0 Å². The molecular weight excluding hydrogens is 368 g/mol. The molecule has 8 nitrogen and oxygen atoms in total. The Morgan fingerprint density at radius 3 is 2.79 bits per heavy atom. The average molecular weight is 390 g/mol. The van der Waals surface area contributed by atoms with E-state index in [0.29, 0.717) is 35.9 Å². The lowest BCUT2D eigenvalue weighted by atomic mass is 9.96. The number of fused-ring (bicyclic) bond motifs is 1. The molecule has 3 N–H and O–H groups in total. The van der Waals surface area contributed by atoms with Gasteiger partial charge >= 0.3 is 0 Å². The number of carbonyl (C=O) groups is 1. The smallest absolute Gasteiger partial charge is 0.255 e. The van der Waals surface area contributed by atoms with E-state index in [2.05, 4.69) is 25.7 Å². The van der Waals surface area contributed by atoms with E-state index in [-0.39, 0.29) is 12.5 Å². The Balaban J connectivity index is 1.74. The maximum absolute atomic E-state index is 13.2. The molecule has 0 fully saturated rings. The maximum Gasteiger partial charge on any atom is 0.255 e. The highest BCUT2D eigenvalue weighted by Crippen LogP contribution is 2.35. The number of aryl methyl sites for hydroxylation is 1. The number of aliphatic hydroxyl groups is 1. The van der Waals surface area contributed by atoms with Gasteiger partial charge in [0.15, 0.2) is 5.82 Å². The van der Waals surface area contributed by atoms with Gasteiger partial charge in [-0.3, -0.25) is 9.78 Å². The molecule has 148 valence electrons. The van der Waals surface area contributed by atoms with Gasteiger partial charge in [-0.05, 0) is 37.1 Å². The van der Waals surface area contributed by atoms with Gasteiger partial charge in [-0.2, -0.15) is 10.1 Å². The first-order valence-corrected chi connectivity index (χ1v) is 9.47. The lowest BCUT2D eigenvalue weighted by Gasteiger charge is -2.28. The van der Waals surface area contributed by atoms with Crippen LogP contribution in [0.5, 0.6) is 0 Å². The van der Waals surface area contributed by atoms with Crippen LogP contribution in [0, 0.1) is 0 Å². The van der Waals surface area contributed by atoms with Gasteiger partial charge in [-0.1, -0.05) is 24.3 Å². The maximum atomic E-state index is 13.2. The summed E-state index contributed by atoms with van der Waals surface area (Å²) in [4.78, 5) is 22.0. The number of para-hydroxylation sites is 1. The molecule has 1 aliphatic rings. The number of amides is 1. The third-order valence-electron chi connectivity index (χ3n) is 4.73. The first kappa shape index (κ1) is 18.8. The van der Waals surface area contributed by atoms with Crippen LogP contribution in [0.4, 0.5) is 11.6 Å². The number of hydrogen-bond donors (Lipinski definition) is 3. The van der Waals surface area contributed by atoms with E-state index in [4.69, 9.17) is 5.11 Å². The Labute approximate surface area is 168 Å². The summed E-state index contributed by atoms with van der Waals surface area (Å²) < 4.78 is 1.72. The fraction of sp³-hybridized carbons (Fsp3) is 0.238. The molecule has 4 rings (SSSR count). The van der Waals surface area contributed by atoms with E-state index in [9.17, 15) is 4.79 Å². The van der Waals surface area contributed by atoms with Crippen molar-refractivity contribution in [3.05, 3.63) is 77.5 Å². The van der Waals surface area contributed by atoms with E-state index in [1.165, 1.54) is 0 Å². The summed E-state index contributed by atoms with van der Waals surface area (Å²) in [5, 5.41) is 19.9. The van der Waals surface area contributed by atoms with Gasteiger partial charge in [0.2, 0.25) is 5.95 Å². The molecule has 0 saturated heterocycles. The molecule has 0 aliphatic carbocycles. The summed E-state index contributed by atoms with van der Waals surface area (Å²) >= 11 is 0. The fourth-order valence-corrected chi connectivity index (χ4v) is 3.40.